The van der Waals surface area contributed by atoms with Gasteiger partial charge in [-0.3, -0.25) is 19.4 Å². The third-order valence-corrected chi connectivity index (χ3v) is 4.92. The standard InChI is InChI=1S/C19H15ClFN5O3/c1-10-3-2-4-11(7-10)22-15(27)9-25-17-16(23-24-25)18(28)26(19(17)29)12-5-6-14(21)13(20)8-12/h2-8,16-17H,9H2,1H3,(H,22,27)/t16-,17+/m1/s1. The molecule has 2 aromatic carbocycles. The second kappa shape index (κ2) is 7.25. The summed E-state index contributed by atoms with van der Waals surface area (Å²) in [5, 5.41) is 11.4. The minimum atomic E-state index is -1.06. The number of anilines is 2. The van der Waals surface area contributed by atoms with Crippen LogP contribution in [0.2, 0.25) is 5.02 Å². The highest BCUT2D eigenvalue weighted by atomic mass is 35.5. The lowest BCUT2D eigenvalue weighted by Crippen LogP contribution is -2.43. The molecule has 148 valence electrons. The predicted molar refractivity (Wildman–Crippen MR) is 103 cm³/mol. The molecule has 0 aliphatic carbocycles. The number of nitrogens with one attached hydrogen (secondary N) is 1. The van der Waals surface area contributed by atoms with E-state index in [-0.39, 0.29) is 17.3 Å². The van der Waals surface area contributed by atoms with E-state index in [1.54, 1.807) is 18.2 Å². The van der Waals surface area contributed by atoms with E-state index in [0.717, 1.165) is 16.5 Å². The summed E-state index contributed by atoms with van der Waals surface area (Å²) in [5.41, 5.74) is 1.73. The second-order valence-corrected chi connectivity index (χ2v) is 7.13. The van der Waals surface area contributed by atoms with E-state index in [4.69, 9.17) is 11.6 Å². The number of hydrogen-bond donors (Lipinski definition) is 1. The second-order valence-electron chi connectivity index (χ2n) is 6.72. The van der Waals surface area contributed by atoms with Crippen LogP contribution in [0.15, 0.2) is 52.8 Å². The minimum absolute atomic E-state index is 0.139. The number of benzene rings is 2. The Morgan fingerprint density at radius 1 is 1.21 bits per heavy atom. The molecule has 2 atom stereocenters. The zero-order valence-electron chi connectivity index (χ0n) is 15.2. The van der Waals surface area contributed by atoms with Gasteiger partial charge in [-0.1, -0.05) is 29.0 Å². The molecule has 0 unspecified atom stereocenters. The van der Waals surface area contributed by atoms with Crippen LogP contribution in [0.5, 0.6) is 0 Å². The van der Waals surface area contributed by atoms with Gasteiger partial charge in [-0.25, -0.2) is 9.29 Å². The highest BCUT2D eigenvalue weighted by Gasteiger charge is 2.55. The Balaban J connectivity index is 1.50. The van der Waals surface area contributed by atoms with Crippen LogP contribution in [0.4, 0.5) is 15.8 Å². The third kappa shape index (κ3) is 3.44. The number of nitrogens with zero attached hydrogens (tertiary/aromatic N) is 4. The van der Waals surface area contributed by atoms with Gasteiger partial charge in [0.2, 0.25) is 5.91 Å². The van der Waals surface area contributed by atoms with Crippen LogP contribution in [0.3, 0.4) is 0 Å². The maximum atomic E-state index is 13.4. The number of carbonyl (C=O) groups excluding carboxylic acids is 3. The van der Waals surface area contributed by atoms with E-state index in [1.165, 1.54) is 17.1 Å². The number of hydrogen-bond acceptors (Lipinski definition) is 6. The summed E-state index contributed by atoms with van der Waals surface area (Å²) in [5.74, 6) is -2.27. The van der Waals surface area contributed by atoms with Crippen molar-refractivity contribution in [1.29, 1.82) is 0 Å². The van der Waals surface area contributed by atoms with Crippen molar-refractivity contribution < 1.29 is 18.8 Å². The van der Waals surface area contributed by atoms with Crippen molar-refractivity contribution in [2.45, 2.75) is 19.0 Å². The zero-order chi connectivity index (χ0) is 20.7. The van der Waals surface area contributed by atoms with Crippen molar-refractivity contribution in [3.63, 3.8) is 0 Å². The molecule has 10 heteroatoms. The molecule has 1 fully saturated rings. The Labute approximate surface area is 169 Å². The first kappa shape index (κ1) is 19.0. The molecule has 2 heterocycles. The number of aryl methyl sites for hydroxylation is 1. The van der Waals surface area contributed by atoms with Gasteiger partial charge in [0.05, 0.1) is 10.7 Å². The normalized spacial score (nSPS) is 20.4. The first-order chi connectivity index (χ1) is 13.8. The van der Waals surface area contributed by atoms with Crippen LogP contribution in [0.25, 0.3) is 0 Å². The molecule has 4 rings (SSSR count). The average Bonchev–Trinajstić information content (AvgIpc) is 3.18. The SMILES string of the molecule is Cc1cccc(NC(=O)CN2N=N[C@H]3C(=O)N(c4ccc(F)c(Cl)c4)C(=O)[C@H]32)c1. The molecular formula is C19H15ClFN5O3. The minimum Gasteiger partial charge on any atom is -0.324 e. The van der Waals surface area contributed by atoms with Crippen LogP contribution >= 0.6 is 11.6 Å². The summed E-state index contributed by atoms with van der Waals surface area (Å²) < 4.78 is 13.4. The molecule has 2 aliphatic rings. The summed E-state index contributed by atoms with van der Waals surface area (Å²) in [4.78, 5) is 38.8. The molecule has 0 saturated carbocycles. The Kier molecular flexibility index (Phi) is 4.75. The van der Waals surface area contributed by atoms with Gasteiger partial charge in [-0.15, -0.1) is 0 Å². The lowest BCUT2D eigenvalue weighted by Gasteiger charge is -2.20. The number of fused-ring (bicyclic) bond motifs is 1. The molecule has 1 saturated heterocycles. The third-order valence-electron chi connectivity index (χ3n) is 4.63. The van der Waals surface area contributed by atoms with E-state index in [1.807, 2.05) is 13.0 Å². The van der Waals surface area contributed by atoms with Gasteiger partial charge in [-0.05, 0) is 42.8 Å². The van der Waals surface area contributed by atoms with Crippen LogP contribution in [-0.4, -0.2) is 41.4 Å². The summed E-state index contributed by atoms with van der Waals surface area (Å²) in [6, 6.07) is 8.70. The first-order valence-electron chi connectivity index (χ1n) is 8.72. The quantitative estimate of drug-likeness (QED) is 0.777. The fourth-order valence-corrected chi connectivity index (χ4v) is 3.48. The van der Waals surface area contributed by atoms with E-state index in [0.29, 0.717) is 5.69 Å². The van der Waals surface area contributed by atoms with Gasteiger partial charge in [-0.2, -0.15) is 5.11 Å². The Bertz CT molecular complexity index is 1060. The molecule has 2 aliphatic heterocycles. The van der Waals surface area contributed by atoms with E-state index in [9.17, 15) is 18.8 Å². The molecule has 0 aromatic heterocycles. The van der Waals surface area contributed by atoms with Gasteiger partial charge in [0.15, 0.2) is 12.1 Å². The van der Waals surface area contributed by atoms with Crippen LogP contribution in [0.1, 0.15) is 5.56 Å². The van der Waals surface area contributed by atoms with E-state index in [2.05, 4.69) is 15.7 Å². The van der Waals surface area contributed by atoms with Crippen molar-refractivity contribution >= 4 is 40.7 Å². The van der Waals surface area contributed by atoms with Gasteiger partial charge < -0.3 is 5.32 Å². The molecule has 0 spiro atoms. The summed E-state index contributed by atoms with van der Waals surface area (Å²) >= 11 is 5.76. The van der Waals surface area contributed by atoms with Gasteiger partial charge in [0.1, 0.15) is 12.4 Å². The molecule has 2 aromatic rings. The highest BCUT2D eigenvalue weighted by Crippen LogP contribution is 2.33. The monoisotopic (exact) mass is 415 g/mol. The van der Waals surface area contributed by atoms with Crippen molar-refractivity contribution in [3.8, 4) is 0 Å². The fourth-order valence-electron chi connectivity index (χ4n) is 3.30. The number of carbonyl (C=O) groups is 3. The maximum absolute atomic E-state index is 13.4. The summed E-state index contributed by atoms with van der Waals surface area (Å²) in [6.07, 6.45) is 0. The molecule has 0 bridgehead atoms. The molecule has 1 N–H and O–H groups in total. The number of imide groups is 1. The Morgan fingerprint density at radius 2 is 2.00 bits per heavy atom. The molecule has 0 radical (unpaired) electrons. The first-order valence-corrected chi connectivity index (χ1v) is 9.10. The van der Waals surface area contributed by atoms with Crippen molar-refractivity contribution in [2.75, 3.05) is 16.8 Å². The molecule has 3 amide bonds. The summed E-state index contributed by atoms with van der Waals surface area (Å²) in [6.45, 7) is 1.64. The Morgan fingerprint density at radius 3 is 2.72 bits per heavy atom. The van der Waals surface area contributed by atoms with Crippen LogP contribution < -0.4 is 10.2 Å². The van der Waals surface area contributed by atoms with E-state index < -0.39 is 35.6 Å². The molecule has 29 heavy (non-hydrogen) atoms. The largest absolute Gasteiger partial charge is 0.324 e. The summed E-state index contributed by atoms with van der Waals surface area (Å²) in [7, 11) is 0. The molecular weight excluding hydrogens is 401 g/mol. The van der Waals surface area contributed by atoms with Crippen LogP contribution in [0, 0.1) is 12.7 Å². The topological polar surface area (TPSA) is 94.4 Å². The van der Waals surface area contributed by atoms with E-state index >= 15 is 0 Å². The maximum Gasteiger partial charge on any atom is 0.263 e. The average molecular weight is 416 g/mol. The van der Waals surface area contributed by atoms with Gasteiger partial charge >= 0.3 is 0 Å². The smallest absolute Gasteiger partial charge is 0.263 e. The predicted octanol–water partition coefficient (Wildman–Crippen LogP) is 2.72. The lowest BCUT2D eigenvalue weighted by atomic mass is 10.1. The molecule has 8 nitrogen and oxygen atoms in total. The zero-order valence-corrected chi connectivity index (χ0v) is 15.9. The van der Waals surface area contributed by atoms with Gasteiger partial charge in [0.25, 0.3) is 11.8 Å². The lowest BCUT2D eigenvalue weighted by molar-refractivity contribution is -0.123. The number of amides is 3. The van der Waals surface area contributed by atoms with Crippen LogP contribution in [-0.2, 0) is 14.4 Å². The van der Waals surface area contributed by atoms with Crippen molar-refractivity contribution in [2.24, 2.45) is 10.3 Å². The number of rotatable bonds is 4. The number of halogens is 2. The van der Waals surface area contributed by atoms with Crippen molar-refractivity contribution in [1.82, 2.24) is 5.01 Å². The van der Waals surface area contributed by atoms with Gasteiger partial charge in [0, 0.05) is 5.69 Å². The Hall–Kier alpha value is -3.33. The highest BCUT2D eigenvalue weighted by molar-refractivity contribution is 6.32. The van der Waals surface area contributed by atoms with Crippen molar-refractivity contribution in [3.05, 3.63) is 58.9 Å². The fraction of sp³-hybridized carbons (Fsp3) is 0.211.